The Kier molecular flexibility index (Phi) is 3.74. The number of rotatable bonds is 4. The topological polar surface area (TPSA) is 61.6 Å². The molecule has 0 unspecified atom stereocenters. The van der Waals surface area contributed by atoms with Gasteiger partial charge in [-0.2, -0.15) is 4.98 Å². The molecule has 0 radical (unpaired) electrons. The van der Waals surface area contributed by atoms with Gasteiger partial charge in [0.15, 0.2) is 17.3 Å². The number of halogens is 2. The zero-order valence-electron chi connectivity index (χ0n) is 9.85. The second-order valence-corrected chi connectivity index (χ2v) is 3.40. The van der Waals surface area contributed by atoms with Crippen LogP contribution in [0.5, 0.6) is 11.8 Å². The SMILES string of the molecule is CCOC(=O)c1coc(Oc2cc(F)ccc2F)n1. The number of aromatic nitrogens is 1. The van der Waals surface area contributed by atoms with Crippen molar-refractivity contribution in [1.29, 1.82) is 0 Å². The molecule has 2 rings (SSSR count). The van der Waals surface area contributed by atoms with Gasteiger partial charge in [-0.05, 0) is 19.1 Å². The first-order valence-electron chi connectivity index (χ1n) is 5.35. The van der Waals surface area contributed by atoms with Gasteiger partial charge in [-0.25, -0.2) is 13.6 Å². The summed E-state index contributed by atoms with van der Waals surface area (Å²) in [5, 5.41) is 0. The van der Waals surface area contributed by atoms with Crippen molar-refractivity contribution in [3.05, 3.63) is 41.8 Å². The summed E-state index contributed by atoms with van der Waals surface area (Å²) in [6, 6.07) is 2.69. The molecule has 0 fully saturated rings. The Labute approximate surface area is 106 Å². The molecule has 1 aromatic carbocycles. The van der Waals surface area contributed by atoms with Crippen LogP contribution in [0.3, 0.4) is 0 Å². The highest BCUT2D eigenvalue weighted by atomic mass is 19.1. The van der Waals surface area contributed by atoms with Crippen LogP contribution in [0.25, 0.3) is 0 Å². The molecule has 0 aliphatic rings. The van der Waals surface area contributed by atoms with E-state index < -0.39 is 23.4 Å². The van der Waals surface area contributed by atoms with Crippen LogP contribution in [0.2, 0.25) is 0 Å². The van der Waals surface area contributed by atoms with E-state index in [0.29, 0.717) is 0 Å². The second kappa shape index (κ2) is 5.47. The van der Waals surface area contributed by atoms with Gasteiger partial charge >= 0.3 is 12.0 Å². The number of hydrogen-bond donors (Lipinski definition) is 0. The Balaban J connectivity index is 2.15. The first-order chi connectivity index (χ1) is 9.10. The number of nitrogens with zero attached hydrogens (tertiary/aromatic N) is 1. The minimum absolute atomic E-state index is 0.117. The van der Waals surface area contributed by atoms with Gasteiger partial charge in [0.1, 0.15) is 12.1 Å². The van der Waals surface area contributed by atoms with Crippen molar-refractivity contribution in [2.24, 2.45) is 0 Å². The highest BCUT2D eigenvalue weighted by molar-refractivity contribution is 5.86. The van der Waals surface area contributed by atoms with Crippen LogP contribution in [0.15, 0.2) is 28.9 Å². The lowest BCUT2D eigenvalue weighted by atomic mass is 10.3. The summed E-state index contributed by atoms with van der Waals surface area (Å²) >= 11 is 0. The number of benzene rings is 1. The monoisotopic (exact) mass is 269 g/mol. The lowest BCUT2D eigenvalue weighted by Gasteiger charge is -2.01. The van der Waals surface area contributed by atoms with Gasteiger partial charge < -0.3 is 13.9 Å². The average Bonchev–Trinajstić information content (AvgIpc) is 2.83. The zero-order chi connectivity index (χ0) is 13.8. The average molecular weight is 269 g/mol. The summed E-state index contributed by atoms with van der Waals surface area (Å²) in [5.74, 6) is -2.54. The molecule has 1 aromatic heterocycles. The summed E-state index contributed by atoms with van der Waals surface area (Å²) in [7, 11) is 0. The van der Waals surface area contributed by atoms with E-state index in [1.807, 2.05) is 0 Å². The van der Waals surface area contributed by atoms with Gasteiger partial charge in [0.25, 0.3) is 0 Å². The van der Waals surface area contributed by atoms with Crippen LogP contribution in [0.1, 0.15) is 17.4 Å². The third kappa shape index (κ3) is 3.06. The molecule has 0 saturated heterocycles. The number of carbonyl (C=O) groups is 1. The molecular weight excluding hydrogens is 260 g/mol. The maximum atomic E-state index is 13.3. The van der Waals surface area contributed by atoms with Crippen molar-refractivity contribution in [2.75, 3.05) is 6.61 Å². The van der Waals surface area contributed by atoms with E-state index in [1.165, 1.54) is 0 Å². The van der Waals surface area contributed by atoms with E-state index >= 15 is 0 Å². The van der Waals surface area contributed by atoms with Crippen molar-refractivity contribution in [1.82, 2.24) is 4.98 Å². The first-order valence-corrected chi connectivity index (χ1v) is 5.35. The highest BCUT2D eigenvalue weighted by Crippen LogP contribution is 2.24. The molecule has 0 amide bonds. The molecule has 7 heteroatoms. The van der Waals surface area contributed by atoms with Gasteiger partial charge in [-0.3, -0.25) is 0 Å². The van der Waals surface area contributed by atoms with E-state index in [-0.39, 0.29) is 18.4 Å². The third-order valence-corrected chi connectivity index (χ3v) is 2.06. The van der Waals surface area contributed by atoms with Crippen molar-refractivity contribution < 1.29 is 27.5 Å². The Hall–Kier alpha value is -2.44. The Morgan fingerprint density at radius 3 is 2.95 bits per heavy atom. The van der Waals surface area contributed by atoms with E-state index in [9.17, 15) is 13.6 Å². The molecule has 0 atom stereocenters. The summed E-state index contributed by atoms with van der Waals surface area (Å²) < 4.78 is 40.6. The molecule has 2 aromatic rings. The van der Waals surface area contributed by atoms with Gasteiger partial charge in [0, 0.05) is 6.07 Å². The molecule has 0 spiro atoms. The van der Waals surface area contributed by atoms with Crippen molar-refractivity contribution in [3.8, 4) is 11.8 Å². The fraction of sp³-hybridized carbons (Fsp3) is 0.167. The highest BCUT2D eigenvalue weighted by Gasteiger charge is 2.16. The van der Waals surface area contributed by atoms with Gasteiger partial charge in [-0.1, -0.05) is 0 Å². The summed E-state index contributed by atoms with van der Waals surface area (Å²) in [5.41, 5.74) is -0.117. The lowest BCUT2D eigenvalue weighted by molar-refractivity contribution is 0.0519. The van der Waals surface area contributed by atoms with Crippen LogP contribution in [-0.2, 0) is 4.74 Å². The molecule has 5 nitrogen and oxygen atoms in total. The molecular formula is C12H9F2NO4. The maximum absolute atomic E-state index is 13.3. The fourth-order valence-corrected chi connectivity index (χ4v) is 1.25. The van der Waals surface area contributed by atoms with Gasteiger partial charge in [0.05, 0.1) is 6.61 Å². The van der Waals surface area contributed by atoms with Crippen LogP contribution in [0.4, 0.5) is 8.78 Å². The van der Waals surface area contributed by atoms with Crippen molar-refractivity contribution in [2.45, 2.75) is 6.92 Å². The van der Waals surface area contributed by atoms with Crippen LogP contribution in [0, 0.1) is 11.6 Å². The van der Waals surface area contributed by atoms with Crippen molar-refractivity contribution in [3.63, 3.8) is 0 Å². The molecule has 0 bridgehead atoms. The van der Waals surface area contributed by atoms with Crippen LogP contribution in [-0.4, -0.2) is 17.6 Å². The number of esters is 1. The number of ether oxygens (including phenoxy) is 2. The predicted octanol–water partition coefficient (Wildman–Crippen LogP) is 2.92. The summed E-state index contributed by atoms with van der Waals surface area (Å²) in [6.45, 7) is 1.82. The molecule has 0 N–H and O–H groups in total. The fourth-order valence-electron chi connectivity index (χ4n) is 1.25. The minimum Gasteiger partial charge on any atom is -0.461 e. The Bertz CT molecular complexity index is 597. The van der Waals surface area contributed by atoms with E-state index in [1.54, 1.807) is 6.92 Å². The van der Waals surface area contributed by atoms with Gasteiger partial charge in [-0.15, -0.1) is 0 Å². The third-order valence-electron chi connectivity index (χ3n) is 2.06. The second-order valence-electron chi connectivity index (χ2n) is 3.40. The molecule has 0 aliphatic heterocycles. The normalized spacial score (nSPS) is 10.3. The first kappa shape index (κ1) is 13.0. The van der Waals surface area contributed by atoms with Crippen LogP contribution >= 0.6 is 0 Å². The van der Waals surface area contributed by atoms with Crippen LogP contribution < -0.4 is 4.74 Å². The van der Waals surface area contributed by atoms with Gasteiger partial charge in [0.2, 0.25) is 0 Å². The standard InChI is InChI=1S/C12H9F2NO4/c1-2-17-11(16)9-6-18-12(15-9)19-10-5-7(13)3-4-8(10)14/h3-6H,2H2,1H3. The Morgan fingerprint density at radius 1 is 1.42 bits per heavy atom. The maximum Gasteiger partial charge on any atom is 0.400 e. The number of oxazole rings is 1. The smallest absolute Gasteiger partial charge is 0.400 e. The number of hydrogen-bond acceptors (Lipinski definition) is 5. The Morgan fingerprint density at radius 2 is 2.21 bits per heavy atom. The molecule has 0 saturated carbocycles. The predicted molar refractivity (Wildman–Crippen MR) is 58.9 cm³/mol. The molecule has 19 heavy (non-hydrogen) atoms. The summed E-state index contributed by atoms with van der Waals surface area (Å²) in [4.78, 5) is 14.9. The van der Waals surface area contributed by atoms with E-state index in [4.69, 9.17) is 9.15 Å². The minimum atomic E-state index is -0.780. The molecule has 1 heterocycles. The van der Waals surface area contributed by atoms with Crippen molar-refractivity contribution >= 4 is 5.97 Å². The largest absolute Gasteiger partial charge is 0.461 e. The lowest BCUT2D eigenvalue weighted by Crippen LogP contribution is -2.04. The zero-order valence-corrected chi connectivity index (χ0v) is 9.85. The quantitative estimate of drug-likeness (QED) is 0.798. The number of carbonyl (C=O) groups excluding carboxylic acids is 1. The molecule has 100 valence electrons. The van der Waals surface area contributed by atoms with E-state index in [0.717, 1.165) is 24.5 Å². The summed E-state index contributed by atoms with van der Waals surface area (Å²) in [6.07, 6.45) is 0.623. The molecule has 0 aliphatic carbocycles. The van der Waals surface area contributed by atoms with E-state index in [2.05, 4.69) is 9.72 Å².